The molecule has 1 aliphatic heterocycles. The fraction of sp³-hybridized carbons (Fsp3) is 0.605. The second-order valence-corrected chi connectivity index (χ2v) is 17.9. The molecule has 0 aliphatic carbocycles. The minimum atomic E-state index is -0.691. The van der Waals surface area contributed by atoms with Gasteiger partial charge in [0.25, 0.3) is 0 Å². The van der Waals surface area contributed by atoms with Crippen LogP contribution in [0.2, 0.25) is 0 Å². The molecule has 50 heavy (non-hydrogen) atoms. The minimum absolute atomic E-state index is 0.0553. The van der Waals surface area contributed by atoms with Crippen LogP contribution in [0, 0.1) is 39.9 Å². The highest BCUT2D eigenvalue weighted by Gasteiger charge is 2.44. The Labute approximate surface area is 302 Å². The van der Waals surface area contributed by atoms with Crippen molar-refractivity contribution in [2.24, 2.45) is 28.1 Å². The minimum Gasteiger partial charge on any atom is -0.375 e. The molecule has 0 saturated carbocycles. The number of carbonyl (C=O) groups is 3. The largest absolute Gasteiger partial charge is 0.375 e. The second kappa shape index (κ2) is 15.7. The molecule has 0 radical (unpaired) electrons. The first-order chi connectivity index (χ1) is 23.0. The van der Waals surface area contributed by atoms with Gasteiger partial charge in [-0.2, -0.15) is 0 Å². The molecule has 7 nitrogen and oxygen atoms in total. The molecule has 2 aromatic rings. The van der Waals surface area contributed by atoms with Gasteiger partial charge in [-0.1, -0.05) is 104 Å². The van der Waals surface area contributed by atoms with Gasteiger partial charge >= 0.3 is 0 Å². The van der Waals surface area contributed by atoms with Gasteiger partial charge in [0.05, 0.1) is 24.4 Å². The van der Waals surface area contributed by atoms with Gasteiger partial charge in [0.1, 0.15) is 0 Å². The zero-order valence-electron chi connectivity index (χ0n) is 33.1. The first-order valence-corrected chi connectivity index (χ1v) is 18.2. The third kappa shape index (κ3) is 10.7. The maximum absolute atomic E-state index is 13.7. The first-order valence-electron chi connectivity index (χ1n) is 18.2. The smallest absolute Gasteiger partial charge is 0.229 e. The van der Waals surface area contributed by atoms with Crippen molar-refractivity contribution in [2.75, 3.05) is 18.1 Å². The van der Waals surface area contributed by atoms with E-state index in [1.807, 2.05) is 83.1 Å². The Morgan fingerprint density at radius 1 is 0.800 bits per heavy atom. The van der Waals surface area contributed by atoms with Crippen molar-refractivity contribution in [1.29, 1.82) is 0 Å². The summed E-state index contributed by atoms with van der Waals surface area (Å²) in [7, 11) is 0. The van der Waals surface area contributed by atoms with Crippen LogP contribution in [0.15, 0.2) is 48.5 Å². The number of amides is 3. The molecule has 0 aromatic heterocycles. The second-order valence-electron chi connectivity index (χ2n) is 17.9. The third-order valence-corrected chi connectivity index (χ3v) is 10.6. The van der Waals surface area contributed by atoms with E-state index in [1.165, 1.54) is 0 Å². The lowest BCUT2D eigenvalue weighted by atomic mass is 9.66. The zero-order chi connectivity index (χ0) is 37.7. The Kier molecular flexibility index (Phi) is 12.8. The summed E-state index contributed by atoms with van der Waals surface area (Å²) in [5.41, 5.74) is 1.21. The predicted molar refractivity (Wildman–Crippen MR) is 205 cm³/mol. The predicted octanol–water partition coefficient (Wildman–Crippen LogP) is 8.28. The summed E-state index contributed by atoms with van der Waals surface area (Å²) in [6.07, 6.45) is 1.61. The van der Waals surface area contributed by atoms with Gasteiger partial charge in [-0.05, 0) is 81.5 Å². The van der Waals surface area contributed by atoms with Crippen LogP contribution >= 0.6 is 0 Å². The number of ether oxygens (including phenoxy) is 1. The fourth-order valence-electron chi connectivity index (χ4n) is 6.51. The Morgan fingerprint density at radius 2 is 1.38 bits per heavy atom. The van der Waals surface area contributed by atoms with Gasteiger partial charge in [-0.15, -0.1) is 0 Å². The molecule has 2 unspecified atom stereocenters. The Morgan fingerprint density at radius 3 is 2.02 bits per heavy atom. The van der Waals surface area contributed by atoms with E-state index in [0.29, 0.717) is 25.5 Å². The number of fused-ring (bicyclic) bond motifs is 2. The molecule has 3 rings (SSSR count). The number of benzene rings is 2. The standard InChI is InChI=1S/C43H63N3O4/c1-30(26-42(10,11)45-37(48)39(3,4)5)31(2)28-50-43(12,13)41(8,9)29-40(6,7)38(49)44-25-24-36(47)46-27-34-20-15-14-18-32(34)22-23-33-19-16-17-21-35(33)46/h14-21,30-31H,24-29H2,1-13H3,(H,44,49)(H,45,48). The van der Waals surface area contributed by atoms with Crippen molar-refractivity contribution >= 4 is 23.4 Å². The van der Waals surface area contributed by atoms with Gasteiger partial charge in [-0.25, -0.2) is 0 Å². The molecule has 7 heteroatoms. The highest BCUT2D eigenvalue weighted by Crippen LogP contribution is 2.44. The van der Waals surface area contributed by atoms with Crippen molar-refractivity contribution in [3.63, 3.8) is 0 Å². The molecule has 3 amide bonds. The maximum atomic E-state index is 13.7. The molecule has 2 atom stereocenters. The monoisotopic (exact) mass is 685 g/mol. The molecule has 1 heterocycles. The Hall–Kier alpha value is -3.63. The van der Waals surface area contributed by atoms with E-state index >= 15 is 0 Å². The van der Waals surface area contributed by atoms with Crippen molar-refractivity contribution in [1.82, 2.24) is 10.6 Å². The van der Waals surface area contributed by atoms with E-state index < -0.39 is 16.4 Å². The van der Waals surface area contributed by atoms with E-state index in [0.717, 1.165) is 28.8 Å². The number of nitrogens with zero attached hydrogens (tertiary/aromatic N) is 1. The van der Waals surface area contributed by atoms with Crippen LogP contribution < -0.4 is 15.5 Å². The summed E-state index contributed by atoms with van der Waals surface area (Å²) < 4.78 is 6.63. The van der Waals surface area contributed by atoms with Crippen LogP contribution in [-0.2, 0) is 25.7 Å². The van der Waals surface area contributed by atoms with E-state index in [-0.39, 0.29) is 47.6 Å². The van der Waals surface area contributed by atoms with Crippen LogP contribution in [-0.4, -0.2) is 42.0 Å². The third-order valence-electron chi connectivity index (χ3n) is 10.6. The molecule has 0 spiro atoms. The van der Waals surface area contributed by atoms with Crippen LogP contribution in [0.5, 0.6) is 0 Å². The molecule has 1 aliphatic rings. The lowest BCUT2D eigenvalue weighted by Crippen LogP contribution is -2.50. The molecule has 274 valence electrons. The van der Waals surface area contributed by atoms with Crippen LogP contribution in [0.3, 0.4) is 0 Å². The normalized spacial score (nSPS) is 14.9. The summed E-state index contributed by atoms with van der Waals surface area (Å²) in [5, 5.41) is 6.28. The van der Waals surface area contributed by atoms with Gasteiger partial charge in [0, 0.05) is 40.5 Å². The number of hydrogen-bond acceptors (Lipinski definition) is 4. The van der Waals surface area contributed by atoms with Crippen molar-refractivity contribution in [3.05, 3.63) is 65.2 Å². The van der Waals surface area contributed by atoms with Crippen molar-refractivity contribution in [2.45, 2.75) is 127 Å². The topological polar surface area (TPSA) is 87.7 Å². The first kappa shape index (κ1) is 40.8. The summed E-state index contributed by atoms with van der Waals surface area (Å²) in [6.45, 7) is 28.1. The molecule has 0 fully saturated rings. The molecule has 0 saturated heterocycles. The number of hydrogen-bond donors (Lipinski definition) is 2. The Balaban J connectivity index is 1.57. The summed E-state index contributed by atoms with van der Waals surface area (Å²) in [4.78, 5) is 41.7. The van der Waals surface area contributed by atoms with Crippen molar-refractivity contribution < 1.29 is 19.1 Å². The highest BCUT2D eigenvalue weighted by atomic mass is 16.5. The lowest BCUT2D eigenvalue weighted by molar-refractivity contribution is -0.142. The summed E-state index contributed by atoms with van der Waals surface area (Å²) in [6, 6.07) is 15.6. The molecular formula is C43H63N3O4. The van der Waals surface area contributed by atoms with E-state index in [9.17, 15) is 14.4 Å². The molecule has 2 N–H and O–H groups in total. The Bertz CT molecular complexity index is 1580. The zero-order valence-corrected chi connectivity index (χ0v) is 33.1. The number of carbonyl (C=O) groups excluding carboxylic acids is 3. The van der Waals surface area contributed by atoms with Gasteiger partial charge in [0.15, 0.2) is 0 Å². The average molecular weight is 686 g/mol. The maximum Gasteiger partial charge on any atom is 0.229 e. The summed E-state index contributed by atoms with van der Waals surface area (Å²) >= 11 is 0. The number of para-hydroxylation sites is 1. The van der Waals surface area contributed by atoms with E-state index in [4.69, 9.17) is 4.74 Å². The average Bonchev–Trinajstić information content (AvgIpc) is 2.99. The number of nitrogens with one attached hydrogen (secondary N) is 2. The van der Waals surface area contributed by atoms with Gasteiger partial charge < -0.3 is 20.3 Å². The summed E-state index contributed by atoms with van der Waals surface area (Å²) in [5.74, 6) is 6.99. The van der Waals surface area contributed by atoms with Gasteiger partial charge in [0.2, 0.25) is 17.7 Å². The molecular weight excluding hydrogens is 622 g/mol. The lowest BCUT2D eigenvalue weighted by Gasteiger charge is -2.46. The van der Waals surface area contributed by atoms with Crippen LogP contribution in [0.1, 0.15) is 126 Å². The van der Waals surface area contributed by atoms with Crippen molar-refractivity contribution in [3.8, 4) is 11.8 Å². The van der Waals surface area contributed by atoms with E-state index in [2.05, 4.69) is 77.9 Å². The SMILES string of the molecule is CC(COC(C)(C)C(C)(C)CC(C)(C)C(=O)NCCC(=O)N1Cc2ccccc2C#Cc2ccccc21)C(C)CC(C)(C)NC(=O)C(C)(C)C. The molecule has 0 bridgehead atoms. The highest BCUT2D eigenvalue weighted by molar-refractivity contribution is 5.95. The fourth-order valence-corrected chi connectivity index (χ4v) is 6.51. The quantitative estimate of drug-likeness (QED) is 0.196. The van der Waals surface area contributed by atoms with Crippen LogP contribution in [0.25, 0.3) is 0 Å². The van der Waals surface area contributed by atoms with E-state index in [1.54, 1.807) is 4.90 Å². The van der Waals surface area contributed by atoms with Gasteiger partial charge in [-0.3, -0.25) is 14.4 Å². The number of anilines is 1. The molecule has 2 aromatic carbocycles. The van der Waals surface area contributed by atoms with Crippen LogP contribution in [0.4, 0.5) is 5.69 Å². The number of rotatable bonds is 14.